The normalized spacial score (nSPS) is 35.6. The standard InChI is InChI=1S/C10H18N2O2/c1-8-6-11(7-9-2-3-9)4-5-12(8)10(13)14/h8-9H,2-7H2,1H3,(H,13,14)/t8-/m0/s1/i7D2,9D. The van der Waals surface area contributed by atoms with E-state index in [1.165, 1.54) is 4.90 Å². The van der Waals surface area contributed by atoms with Gasteiger partial charge in [-0.25, -0.2) is 4.79 Å². The van der Waals surface area contributed by atoms with Crippen molar-refractivity contribution < 1.29 is 14.0 Å². The lowest BCUT2D eigenvalue weighted by atomic mass is 10.2. The summed E-state index contributed by atoms with van der Waals surface area (Å²) in [6.45, 7) is 1.17. The number of piperazine rings is 1. The van der Waals surface area contributed by atoms with Crippen molar-refractivity contribution in [3.63, 3.8) is 0 Å². The molecule has 0 bridgehead atoms. The molecule has 1 atom stereocenters. The highest BCUT2D eigenvalue weighted by molar-refractivity contribution is 5.65. The predicted molar refractivity (Wildman–Crippen MR) is 53.4 cm³/mol. The molecule has 2 rings (SSSR count). The number of hydrogen-bond donors (Lipinski definition) is 1. The van der Waals surface area contributed by atoms with Gasteiger partial charge in [0, 0.05) is 36.3 Å². The second-order valence-electron chi connectivity index (χ2n) is 3.99. The number of carboxylic acid groups (broad SMARTS) is 1. The van der Waals surface area contributed by atoms with Gasteiger partial charge >= 0.3 is 6.09 Å². The molecule has 4 nitrogen and oxygen atoms in total. The molecule has 0 aromatic rings. The molecule has 2 aliphatic rings. The fourth-order valence-corrected chi connectivity index (χ4v) is 1.74. The molecule has 0 unspecified atom stereocenters. The van der Waals surface area contributed by atoms with Gasteiger partial charge < -0.3 is 10.0 Å². The third kappa shape index (κ3) is 2.18. The van der Waals surface area contributed by atoms with Crippen LogP contribution in [0.25, 0.3) is 0 Å². The van der Waals surface area contributed by atoms with Crippen molar-refractivity contribution in [1.29, 1.82) is 0 Å². The average molecular weight is 201 g/mol. The van der Waals surface area contributed by atoms with Crippen molar-refractivity contribution in [1.82, 2.24) is 9.80 Å². The quantitative estimate of drug-likeness (QED) is 0.727. The van der Waals surface area contributed by atoms with E-state index in [9.17, 15) is 4.79 Å². The summed E-state index contributed by atoms with van der Waals surface area (Å²) in [4.78, 5) is 13.9. The van der Waals surface area contributed by atoms with Crippen molar-refractivity contribution in [3.8, 4) is 0 Å². The minimum Gasteiger partial charge on any atom is -0.465 e. The Hall–Kier alpha value is -0.770. The van der Waals surface area contributed by atoms with Crippen LogP contribution < -0.4 is 0 Å². The van der Waals surface area contributed by atoms with Crippen LogP contribution in [0.15, 0.2) is 0 Å². The highest BCUT2D eigenvalue weighted by atomic mass is 16.4. The molecule has 1 saturated heterocycles. The van der Waals surface area contributed by atoms with Crippen molar-refractivity contribution >= 4 is 6.09 Å². The Balaban J connectivity index is 2.04. The van der Waals surface area contributed by atoms with E-state index in [4.69, 9.17) is 9.22 Å². The summed E-state index contributed by atoms with van der Waals surface area (Å²) in [6, 6.07) is -0.223. The molecular formula is C10H18N2O2. The van der Waals surface area contributed by atoms with Crippen LogP contribution in [0.1, 0.15) is 23.9 Å². The molecule has 4 heteroatoms. The summed E-state index contributed by atoms with van der Waals surface area (Å²) >= 11 is 0. The van der Waals surface area contributed by atoms with Crippen molar-refractivity contribution in [2.45, 2.75) is 25.8 Å². The molecule has 1 aliphatic carbocycles. The Morgan fingerprint density at radius 3 is 2.86 bits per heavy atom. The lowest BCUT2D eigenvalue weighted by Crippen LogP contribution is -2.53. The molecule has 1 aliphatic heterocycles. The maximum absolute atomic E-state index is 10.9. The number of rotatable bonds is 2. The van der Waals surface area contributed by atoms with Gasteiger partial charge in [-0.1, -0.05) is 0 Å². The van der Waals surface area contributed by atoms with E-state index in [1.54, 1.807) is 11.8 Å². The molecule has 0 aromatic carbocycles. The fraction of sp³-hybridized carbons (Fsp3) is 0.900. The summed E-state index contributed by atoms with van der Waals surface area (Å²) in [5.74, 6) is -0.988. The van der Waals surface area contributed by atoms with Crippen LogP contribution in [0.3, 0.4) is 0 Å². The topological polar surface area (TPSA) is 43.8 Å². The molecule has 80 valence electrons. The SMILES string of the molecule is [2H]C1(C([2H])([2H])N2CCN(C(=O)O)[C@@H](C)C2)CC1. The van der Waals surface area contributed by atoms with Gasteiger partial charge in [0.05, 0.1) is 0 Å². The molecule has 1 N–H and O–H groups in total. The molecule has 1 saturated carbocycles. The molecule has 0 spiro atoms. The Kier molecular flexibility index (Phi) is 1.79. The molecule has 14 heavy (non-hydrogen) atoms. The summed E-state index contributed by atoms with van der Waals surface area (Å²) in [5.41, 5.74) is 0. The number of carbonyl (C=O) groups is 1. The van der Waals surface area contributed by atoms with Crippen LogP contribution in [0.4, 0.5) is 4.79 Å². The smallest absolute Gasteiger partial charge is 0.407 e. The lowest BCUT2D eigenvalue weighted by molar-refractivity contribution is 0.0723. The van der Waals surface area contributed by atoms with E-state index in [0.717, 1.165) is 0 Å². The van der Waals surface area contributed by atoms with E-state index in [0.29, 0.717) is 32.5 Å². The second-order valence-corrected chi connectivity index (χ2v) is 3.99. The van der Waals surface area contributed by atoms with Crippen LogP contribution in [0, 0.1) is 5.89 Å². The van der Waals surface area contributed by atoms with Crippen LogP contribution in [0.2, 0.25) is 0 Å². The van der Waals surface area contributed by atoms with Crippen molar-refractivity contribution in [3.05, 3.63) is 0 Å². The van der Waals surface area contributed by atoms with Gasteiger partial charge in [-0.3, -0.25) is 4.90 Å². The maximum atomic E-state index is 10.9. The van der Waals surface area contributed by atoms with Gasteiger partial charge in [-0.2, -0.15) is 0 Å². The minimum absolute atomic E-state index is 0.223. The fourth-order valence-electron chi connectivity index (χ4n) is 1.74. The van der Waals surface area contributed by atoms with Gasteiger partial charge in [0.25, 0.3) is 0 Å². The number of nitrogens with zero attached hydrogens (tertiary/aromatic N) is 2. The third-order valence-corrected chi connectivity index (χ3v) is 2.69. The number of hydrogen-bond acceptors (Lipinski definition) is 2. The van der Waals surface area contributed by atoms with Gasteiger partial charge in [0.2, 0.25) is 0 Å². The highest BCUT2D eigenvalue weighted by Crippen LogP contribution is 2.30. The zero-order chi connectivity index (χ0) is 12.8. The zero-order valence-corrected chi connectivity index (χ0v) is 8.36. The van der Waals surface area contributed by atoms with E-state index >= 15 is 0 Å². The monoisotopic (exact) mass is 201 g/mol. The molecule has 0 aromatic heterocycles. The van der Waals surface area contributed by atoms with Crippen LogP contribution in [-0.4, -0.2) is 53.2 Å². The number of amides is 1. The third-order valence-electron chi connectivity index (χ3n) is 2.69. The van der Waals surface area contributed by atoms with Crippen molar-refractivity contribution in [2.24, 2.45) is 5.89 Å². The largest absolute Gasteiger partial charge is 0.465 e. The Morgan fingerprint density at radius 2 is 2.36 bits per heavy atom. The average Bonchev–Trinajstić information content (AvgIpc) is 2.97. The first kappa shape index (κ1) is 6.67. The Labute approximate surface area is 88.7 Å². The summed E-state index contributed by atoms with van der Waals surface area (Å²) < 4.78 is 24.0. The molecular weight excluding hydrogens is 180 g/mol. The van der Waals surface area contributed by atoms with E-state index in [2.05, 4.69) is 0 Å². The minimum atomic E-state index is -1.65. The van der Waals surface area contributed by atoms with E-state index in [1.807, 2.05) is 0 Å². The van der Waals surface area contributed by atoms with Gasteiger partial charge in [-0.05, 0) is 25.7 Å². The lowest BCUT2D eigenvalue weighted by Gasteiger charge is -2.38. The van der Waals surface area contributed by atoms with Gasteiger partial charge in [0.15, 0.2) is 0 Å². The summed E-state index contributed by atoms with van der Waals surface area (Å²) in [5, 5.41) is 8.95. The van der Waals surface area contributed by atoms with Crippen LogP contribution in [-0.2, 0) is 0 Å². The molecule has 1 heterocycles. The van der Waals surface area contributed by atoms with E-state index in [-0.39, 0.29) is 6.04 Å². The highest BCUT2D eigenvalue weighted by Gasteiger charge is 2.30. The first-order chi connectivity index (χ1) is 7.78. The predicted octanol–water partition coefficient (Wildman–Crippen LogP) is 1.08. The Morgan fingerprint density at radius 1 is 1.64 bits per heavy atom. The van der Waals surface area contributed by atoms with Gasteiger partial charge in [-0.15, -0.1) is 0 Å². The first-order valence-corrected chi connectivity index (χ1v) is 5.02. The van der Waals surface area contributed by atoms with Crippen molar-refractivity contribution in [2.75, 3.05) is 26.1 Å². The van der Waals surface area contributed by atoms with Gasteiger partial charge in [0.1, 0.15) is 0 Å². The zero-order valence-electron chi connectivity index (χ0n) is 11.4. The maximum Gasteiger partial charge on any atom is 0.407 e. The van der Waals surface area contributed by atoms with Crippen LogP contribution >= 0.6 is 0 Å². The molecule has 2 fully saturated rings. The molecule has 1 amide bonds. The summed E-state index contributed by atoms with van der Waals surface area (Å²) in [7, 11) is 0. The summed E-state index contributed by atoms with van der Waals surface area (Å²) in [6.07, 6.45) is 0.228. The Bertz CT molecular complexity index is 334. The second kappa shape index (κ2) is 3.77. The van der Waals surface area contributed by atoms with E-state index < -0.39 is 18.5 Å². The van der Waals surface area contributed by atoms with Crippen LogP contribution in [0.5, 0.6) is 0 Å². The molecule has 0 radical (unpaired) electrons. The first-order valence-electron chi connectivity index (χ1n) is 6.52.